The number of fused-ring (bicyclic) bond motifs is 4. The van der Waals surface area contributed by atoms with Crippen molar-refractivity contribution in [1.29, 1.82) is 5.26 Å². The van der Waals surface area contributed by atoms with E-state index in [1.807, 2.05) is 12.1 Å². The molecule has 2 bridgehead atoms. The highest BCUT2D eigenvalue weighted by molar-refractivity contribution is 6.30. The molecule has 0 saturated carbocycles. The lowest BCUT2D eigenvalue weighted by Crippen LogP contribution is -2.27. The highest BCUT2D eigenvalue weighted by Crippen LogP contribution is 2.31. The van der Waals surface area contributed by atoms with E-state index in [1.54, 1.807) is 60.8 Å². The molecule has 10 nitrogen and oxygen atoms in total. The molecule has 192 valence electrons. The molecule has 1 atom stereocenters. The van der Waals surface area contributed by atoms with Crippen molar-refractivity contribution < 1.29 is 9.59 Å². The SMILES string of the molecule is N#Cc1ccc2c(c1)-c1ccnc(c1)[C@@H](NC(=O)C=Cc1cc(Cl)ccc1-n1cnnn1)CC=CCC(=O)N2. The van der Waals surface area contributed by atoms with Gasteiger partial charge in [-0.2, -0.15) is 9.94 Å². The molecule has 1 aliphatic rings. The van der Waals surface area contributed by atoms with Crippen LogP contribution in [0.15, 0.2) is 79.3 Å². The summed E-state index contributed by atoms with van der Waals surface area (Å²) in [6.45, 7) is 0. The van der Waals surface area contributed by atoms with E-state index >= 15 is 0 Å². The summed E-state index contributed by atoms with van der Waals surface area (Å²) in [5, 5.41) is 27.1. The van der Waals surface area contributed by atoms with Crippen LogP contribution in [0.3, 0.4) is 0 Å². The number of amides is 2. The van der Waals surface area contributed by atoms with Crippen LogP contribution in [0.1, 0.15) is 35.7 Å². The summed E-state index contributed by atoms with van der Waals surface area (Å²) >= 11 is 6.18. The fourth-order valence-electron chi connectivity index (χ4n) is 4.17. The number of hydrogen-bond acceptors (Lipinski definition) is 7. The highest BCUT2D eigenvalue weighted by Gasteiger charge is 2.17. The van der Waals surface area contributed by atoms with Gasteiger partial charge in [-0.25, -0.2) is 0 Å². The second kappa shape index (κ2) is 11.5. The van der Waals surface area contributed by atoms with Gasteiger partial charge < -0.3 is 10.6 Å². The Bertz CT molecular complexity index is 1640. The molecule has 2 N–H and O–H groups in total. The normalized spacial score (nSPS) is 15.0. The van der Waals surface area contributed by atoms with E-state index in [2.05, 4.69) is 37.2 Å². The average molecular weight is 537 g/mol. The van der Waals surface area contributed by atoms with Gasteiger partial charge in [-0.1, -0.05) is 23.8 Å². The lowest BCUT2D eigenvalue weighted by atomic mass is 9.98. The highest BCUT2D eigenvalue weighted by atomic mass is 35.5. The van der Waals surface area contributed by atoms with Crippen molar-refractivity contribution in [2.75, 3.05) is 5.32 Å². The van der Waals surface area contributed by atoms with Crippen molar-refractivity contribution in [3.05, 3.63) is 101 Å². The summed E-state index contributed by atoms with van der Waals surface area (Å²) in [7, 11) is 0. The molecule has 0 aliphatic carbocycles. The zero-order valence-electron chi connectivity index (χ0n) is 20.5. The van der Waals surface area contributed by atoms with Gasteiger partial charge in [0, 0.05) is 40.5 Å². The molecule has 0 unspecified atom stereocenters. The first-order valence-electron chi connectivity index (χ1n) is 12.0. The number of carbonyl (C=O) groups excluding carboxylic acids is 2. The van der Waals surface area contributed by atoms with Crippen LogP contribution in [0, 0.1) is 11.3 Å². The van der Waals surface area contributed by atoms with Crippen molar-refractivity contribution in [1.82, 2.24) is 30.5 Å². The summed E-state index contributed by atoms with van der Waals surface area (Å²) in [6, 6.07) is 15.6. The Morgan fingerprint density at radius 1 is 1.18 bits per heavy atom. The average Bonchev–Trinajstić information content (AvgIpc) is 3.48. The Balaban J connectivity index is 1.45. The van der Waals surface area contributed by atoms with Crippen LogP contribution in [0.4, 0.5) is 5.69 Å². The van der Waals surface area contributed by atoms with E-state index in [-0.39, 0.29) is 18.2 Å². The number of aromatic nitrogens is 5. The maximum Gasteiger partial charge on any atom is 0.244 e. The largest absolute Gasteiger partial charge is 0.344 e. The standard InChI is InChI=1S/C28H21ClN8O2/c29-21-7-9-26(37-17-32-35-36-37)20(14-21)6-10-28(39)34-24-3-1-2-4-27(38)33-23-8-5-18(16-30)13-22(23)19-11-12-31-25(24)15-19/h1-2,5-15,17,24H,3-4H2,(H,33,38)(H,34,39)/t24-/m0/s1. The lowest BCUT2D eigenvalue weighted by molar-refractivity contribution is -0.117. The van der Waals surface area contributed by atoms with Crippen LogP contribution in [0.25, 0.3) is 22.9 Å². The molecular formula is C28H21ClN8O2. The fraction of sp³-hybridized carbons (Fsp3) is 0.107. The summed E-state index contributed by atoms with van der Waals surface area (Å²) < 4.78 is 1.48. The second-order valence-electron chi connectivity index (χ2n) is 8.65. The van der Waals surface area contributed by atoms with Gasteiger partial charge in [0.1, 0.15) is 6.33 Å². The van der Waals surface area contributed by atoms with Crippen LogP contribution in [0.5, 0.6) is 0 Å². The van der Waals surface area contributed by atoms with E-state index < -0.39 is 6.04 Å². The summed E-state index contributed by atoms with van der Waals surface area (Å²) in [4.78, 5) is 30.1. The van der Waals surface area contributed by atoms with Gasteiger partial charge in [-0.3, -0.25) is 14.6 Å². The zero-order valence-corrected chi connectivity index (χ0v) is 21.2. The molecule has 3 heterocycles. The molecule has 2 aromatic carbocycles. The van der Waals surface area contributed by atoms with Gasteiger partial charge in [-0.05, 0) is 77.0 Å². The van der Waals surface area contributed by atoms with Crippen molar-refractivity contribution in [2.24, 2.45) is 0 Å². The maximum atomic E-state index is 13.0. The Kier molecular flexibility index (Phi) is 7.52. The van der Waals surface area contributed by atoms with Crippen LogP contribution < -0.4 is 10.6 Å². The van der Waals surface area contributed by atoms with Gasteiger partial charge in [0.25, 0.3) is 0 Å². The number of tetrazole rings is 1. The van der Waals surface area contributed by atoms with E-state index in [9.17, 15) is 14.9 Å². The first kappa shape index (κ1) is 25.5. The molecule has 4 aromatic rings. The molecule has 2 amide bonds. The first-order chi connectivity index (χ1) is 19.0. The molecule has 0 radical (unpaired) electrons. The predicted molar refractivity (Wildman–Crippen MR) is 145 cm³/mol. The van der Waals surface area contributed by atoms with Crippen molar-refractivity contribution >= 4 is 35.2 Å². The topological polar surface area (TPSA) is 138 Å². The second-order valence-corrected chi connectivity index (χ2v) is 9.09. The molecule has 1 aliphatic heterocycles. The smallest absolute Gasteiger partial charge is 0.244 e. The minimum absolute atomic E-state index is 0.163. The van der Waals surface area contributed by atoms with Crippen LogP contribution in [-0.4, -0.2) is 37.0 Å². The number of rotatable bonds is 4. The summed E-state index contributed by atoms with van der Waals surface area (Å²) in [5.41, 5.74) is 4.45. The number of benzene rings is 2. The Hall–Kier alpha value is -5.14. The van der Waals surface area contributed by atoms with Gasteiger partial charge in [0.15, 0.2) is 0 Å². The summed E-state index contributed by atoms with van der Waals surface area (Å²) in [6.07, 6.45) is 10.3. The minimum atomic E-state index is -0.471. The molecular weight excluding hydrogens is 516 g/mol. The monoisotopic (exact) mass is 536 g/mol. The fourth-order valence-corrected chi connectivity index (χ4v) is 4.35. The summed E-state index contributed by atoms with van der Waals surface area (Å²) in [5.74, 6) is -0.532. The number of hydrogen-bond donors (Lipinski definition) is 2. The molecule has 39 heavy (non-hydrogen) atoms. The third kappa shape index (κ3) is 6.06. The Labute approximate surface area is 228 Å². The minimum Gasteiger partial charge on any atom is -0.344 e. The van der Waals surface area contributed by atoms with Crippen LogP contribution in [0.2, 0.25) is 5.02 Å². The molecule has 5 rings (SSSR count). The Morgan fingerprint density at radius 3 is 2.90 bits per heavy atom. The van der Waals surface area contributed by atoms with Crippen molar-refractivity contribution in [2.45, 2.75) is 18.9 Å². The Morgan fingerprint density at radius 2 is 2.08 bits per heavy atom. The number of halogens is 1. The zero-order chi connectivity index (χ0) is 27.2. The van der Waals surface area contributed by atoms with Gasteiger partial charge in [-0.15, -0.1) is 5.10 Å². The predicted octanol–water partition coefficient (Wildman–Crippen LogP) is 4.41. The lowest BCUT2D eigenvalue weighted by Gasteiger charge is -2.18. The number of anilines is 1. The third-order valence-corrected chi connectivity index (χ3v) is 6.26. The quantitative estimate of drug-likeness (QED) is 0.291. The van der Waals surface area contributed by atoms with Crippen LogP contribution >= 0.6 is 11.6 Å². The number of nitriles is 1. The van der Waals surface area contributed by atoms with Crippen molar-refractivity contribution in [3.8, 4) is 22.9 Å². The van der Waals surface area contributed by atoms with E-state index in [0.717, 1.165) is 5.56 Å². The van der Waals surface area contributed by atoms with Crippen LogP contribution in [-0.2, 0) is 9.59 Å². The number of pyridine rings is 1. The van der Waals surface area contributed by atoms with Gasteiger partial charge in [0.2, 0.25) is 11.8 Å². The number of nitrogens with zero attached hydrogens (tertiary/aromatic N) is 6. The molecule has 11 heteroatoms. The van der Waals surface area contributed by atoms with Gasteiger partial charge in [0.05, 0.1) is 29.1 Å². The maximum absolute atomic E-state index is 13.0. The third-order valence-electron chi connectivity index (χ3n) is 6.03. The van der Waals surface area contributed by atoms with E-state index in [4.69, 9.17) is 11.6 Å². The molecule has 0 fully saturated rings. The molecule has 0 spiro atoms. The van der Waals surface area contributed by atoms with E-state index in [1.165, 1.54) is 17.1 Å². The van der Waals surface area contributed by atoms with Crippen molar-refractivity contribution in [3.63, 3.8) is 0 Å². The van der Waals surface area contributed by atoms with Gasteiger partial charge >= 0.3 is 0 Å². The molecule has 2 aromatic heterocycles. The molecule has 0 saturated heterocycles. The first-order valence-corrected chi connectivity index (χ1v) is 12.3. The van der Waals surface area contributed by atoms with E-state index in [0.29, 0.717) is 45.2 Å². The number of nitrogens with one attached hydrogen (secondary N) is 2. The number of carbonyl (C=O) groups is 2.